The van der Waals surface area contributed by atoms with Crippen molar-refractivity contribution in [2.75, 3.05) is 116 Å². The van der Waals surface area contributed by atoms with E-state index in [1.54, 1.807) is 129 Å². The highest BCUT2D eigenvalue weighted by atomic mass is 35.5. The number of aliphatic hydroxyl groups is 2. The summed E-state index contributed by atoms with van der Waals surface area (Å²) in [7, 11) is 20.2. The first kappa shape index (κ1) is 109. The third kappa shape index (κ3) is 26.8. The fourth-order valence-electron chi connectivity index (χ4n) is 16.4. The number of aromatic nitrogens is 18. The lowest BCUT2D eigenvalue weighted by molar-refractivity contribution is -0.180. The van der Waals surface area contributed by atoms with Gasteiger partial charge in [0.25, 0.3) is 23.7 Å². The summed E-state index contributed by atoms with van der Waals surface area (Å²) in [6, 6.07) is 46.2. The number of methoxy groups -OCH3 is 8. The molecule has 9 heterocycles. The van der Waals surface area contributed by atoms with E-state index in [1.165, 1.54) is 27.1 Å². The highest BCUT2D eigenvalue weighted by Crippen LogP contribution is 2.45. The fraction of sp³-hybridized carbons (Fsp3) is 0.330. The Morgan fingerprint density at radius 1 is 0.380 bits per heavy atom. The van der Waals surface area contributed by atoms with Crippen LogP contribution in [0, 0.1) is 5.92 Å². The first-order valence-corrected chi connectivity index (χ1v) is 48.8. The van der Waals surface area contributed by atoms with E-state index in [0.29, 0.717) is 119 Å². The maximum Gasteiger partial charge on any atom is 0.282 e. The number of fused-ring (bicyclic) bond motifs is 4. The number of nitrogens with one attached hydrogen (secondary N) is 2. The van der Waals surface area contributed by atoms with Gasteiger partial charge in [0.05, 0.1) is 179 Å². The Balaban J connectivity index is 0.000000158. The van der Waals surface area contributed by atoms with Crippen molar-refractivity contribution in [3.8, 4) is 91.0 Å². The van der Waals surface area contributed by atoms with Gasteiger partial charge >= 0.3 is 0 Å². The smallest absolute Gasteiger partial charge is 0.282 e. The van der Waals surface area contributed by atoms with E-state index in [9.17, 15) is 37.4 Å². The second kappa shape index (κ2) is 49.0. The third-order valence-corrected chi connectivity index (χ3v) is 25.9. The number of ether oxygens (including phenoxy) is 8. The van der Waals surface area contributed by atoms with E-state index in [1.807, 2.05) is 171 Å². The van der Waals surface area contributed by atoms with Gasteiger partial charge in [0, 0.05) is 254 Å². The number of rotatable bonds is 41. The van der Waals surface area contributed by atoms with Crippen molar-refractivity contribution in [3.63, 3.8) is 0 Å². The minimum absolute atomic E-state index is 0.0127. The second-order valence-electron chi connectivity index (χ2n) is 36.0. The number of aryl methyl sites for hydroxylation is 5. The summed E-state index contributed by atoms with van der Waals surface area (Å²) >= 11 is 6.74. The maximum atomic E-state index is 13.7. The molecule has 2 amide bonds. The van der Waals surface area contributed by atoms with Crippen LogP contribution in [-0.2, 0) is 44.3 Å². The summed E-state index contributed by atoms with van der Waals surface area (Å²) in [6.07, 6.45) is 30.3. The number of hydrogen-bond donors (Lipinski definition) is 4. The van der Waals surface area contributed by atoms with E-state index in [2.05, 4.69) is 116 Å². The maximum absolute atomic E-state index is 13.7. The van der Waals surface area contributed by atoms with E-state index < -0.39 is 34.9 Å². The zero-order valence-corrected chi connectivity index (χ0v) is 87.7. The van der Waals surface area contributed by atoms with Crippen LogP contribution in [-0.4, -0.2) is 230 Å². The van der Waals surface area contributed by atoms with Gasteiger partial charge in [-0.15, -0.1) is 0 Å². The molecular formula is C109H123ClF4N24O12. The van der Waals surface area contributed by atoms with Crippen LogP contribution >= 0.6 is 11.6 Å². The molecule has 786 valence electrons. The molecule has 0 fully saturated rings. The average molecular weight is 2070 g/mol. The number of anilines is 8. The minimum Gasteiger partial charge on any atom is -0.497 e. The Morgan fingerprint density at radius 2 is 0.687 bits per heavy atom. The topological polar surface area (TPSA) is 378 Å². The normalized spacial score (nSPS) is 12.2. The standard InChI is InChI=1S/C28H31ClF2N6O4.C28H32F2N6O4.C27H33N5O2.C26H27N7O2/c1-27(39,28(2,30)31)26(38)32-9-6-10-37(23-12-19(40-4)13-24(41-5)25(23)29)18-7-8-20-21(11-18)35-22(15-33-20)17-14-34-36(3)16-17;1-27(38,28(2,29)30)26(37)31-9-6-10-36(20-11-21(39-4)14-22(12-20)40-5)19-7-8-23-24(13-19)34-25(16-32-23)18-15-33-35(3)17-18;1-6-19(7-2)10-11-32(22-12-23(33-4)15-24(13-22)34-5)21-8-9-25-26(14-21)30-27(17-28-25)20-16-29-31(3)18-20;1-31-18-19(16-29-31)26-17-27-24-7-6-20(14-25(24)30-26)33(11-5-10-32-9-4-8-28-32)21-12-22(34-2)15-23(13-21)35-3/h7-8,11-16,39H,6,9-10H2,1-5H3,(H,32,38);7-8,11-17,38H,6,9-10H2,1-5H3,(H,31,37);8-9,12-19H,6-7,10-11H2,1-5H3;4,6-9,12-18H,5,10-11H2,1-3H3. The van der Waals surface area contributed by atoms with Crippen LogP contribution in [0.1, 0.15) is 80.1 Å². The van der Waals surface area contributed by atoms with E-state index in [-0.39, 0.29) is 13.1 Å². The number of alkyl halides is 4. The highest BCUT2D eigenvalue weighted by molar-refractivity contribution is 6.35. The molecule has 17 rings (SSSR count). The highest BCUT2D eigenvalue weighted by Gasteiger charge is 2.52. The Morgan fingerprint density at radius 3 is 0.973 bits per heavy atom. The lowest BCUT2D eigenvalue weighted by Gasteiger charge is -2.29. The van der Waals surface area contributed by atoms with E-state index >= 15 is 0 Å². The number of nitrogens with zero attached hydrogens (tertiary/aromatic N) is 22. The van der Waals surface area contributed by atoms with Crippen LogP contribution in [0.25, 0.3) is 89.2 Å². The number of halogens is 5. The van der Waals surface area contributed by atoms with Crippen LogP contribution in [0.5, 0.6) is 46.0 Å². The molecule has 0 aliphatic carbocycles. The number of carbonyl (C=O) groups is 2. The Kier molecular flexibility index (Phi) is 35.7. The molecule has 0 saturated carbocycles. The van der Waals surface area contributed by atoms with E-state index in [4.69, 9.17) is 69.4 Å². The van der Waals surface area contributed by atoms with Gasteiger partial charge in [0.1, 0.15) is 51.0 Å². The average Bonchev–Trinajstić information content (AvgIpc) is 1.47. The number of carbonyl (C=O) groups excluding carboxylic acids is 2. The molecule has 17 aromatic rings. The van der Waals surface area contributed by atoms with Crippen LogP contribution in [0.2, 0.25) is 5.02 Å². The van der Waals surface area contributed by atoms with Gasteiger partial charge < -0.3 is 78.3 Å². The Bertz CT molecular complexity index is 7410. The first-order valence-electron chi connectivity index (χ1n) is 48.4. The molecule has 0 radical (unpaired) electrons. The molecule has 36 nitrogen and oxygen atoms in total. The largest absolute Gasteiger partial charge is 0.497 e. The molecule has 41 heteroatoms. The second-order valence-corrected chi connectivity index (χ2v) is 36.4. The van der Waals surface area contributed by atoms with Gasteiger partial charge in [0.15, 0.2) is 0 Å². The predicted octanol–water partition coefficient (Wildman–Crippen LogP) is 19.3. The molecular weight excluding hydrogens is 1950 g/mol. The van der Waals surface area contributed by atoms with Gasteiger partial charge in [0.2, 0.25) is 11.2 Å². The summed E-state index contributed by atoms with van der Waals surface area (Å²) in [6.45, 7) is 10.3. The quantitative estimate of drug-likeness (QED) is 0.0204. The summed E-state index contributed by atoms with van der Waals surface area (Å²) in [5, 5.41) is 46.4. The predicted molar refractivity (Wildman–Crippen MR) is 571 cm³/mol. The molecule has 4 N–H and O–H groups in total. The van der Waals surface area contributed by atoms with Crippen LogP contribution < -0.4 is 68.1 Å². The lowest BCUT2D eigenvalue weighted by atomic mass is 9.98. The Hall–Kier alpha value is -16.4. The van der Waals surface area contributed by atoms with Gasteiger partial charge in [-0.3, -0.25) is 52.9 Å². The minimum atomic E-state index is -3.62. The van der Waals surface area contributed by atoms with Gasteiger partial charge in [-0.05, 0) is 124 Å². The van der Waals surface area contributed by atoms with E-state index in [0.717, 1.165) is 159 Å². The van der Waals surface area contributed by atoms with Crippen molar-refractivity contribution in [2.45, 2.75) is 110 Å². The molecule has 2 atom stereocenters. The van der Waals surface area contributed by atoms with Crippen molar-refractivity contribution < 1.29 is 75.3 Å². The fourth-order valence-corrected chi connectivity index (χ4v) is 16.7. The van der Waals surface area contributed by atoms with Gasteiger partial charge in [-0.2, -0.15) is 25.5 Å². The zero-order chi connectivity index (χ0) is 107. The van der Waals surface area contributed by atoms with Crippen LogP contribution in [0.15, 0.2) is 232 Å². The van der Waals surface area contributed by atoms with Gasteiger partial charge in [-0.1, -0.05) is 38.3 Å². The van der Waals surface area contributed by atoms with Crippen molar-refractivity contribution in [3.05, 3.63) is 237 Å². The molecule has 0 spiro atoms. The van der Waals surface area contributed by atoms with Crippen LogP contribution in [0.4, 0.5) is 63.1 Å². The summed E-state index contributed by atoms with van der Waals surface area (Å²) in [5.74, 6) is -3.81. The first-order chi connectivity index (χ1) is 71.9. The SMILES string of the molecule is CCC(CC)CCN(c1cc(OC)cc(OC)c1)c1ccc2ncc(-c3cnn(C)c3)nc2c1.COc1cc(OC)c(Cl)c(N(CCCNC(=O)C(C)(O)C(C)(F)F)c2ccc3ncc(-c4cnn(C)c4)nc3c2)c1.COc1cc(OC)cc(N(CCCNC(=O)C(C)(O)C(C)(F)F)c2ccc3ncc(-c4cnn(C)c4)nc3c2)c1.COc1cc(OC)cc(N(CCCn2cccn2)c2ccc3ncc(-c4cnn(C)c4)nc3c2)c1. The molecule has 0 bridgehead atoms. The third-order valence-electron chi connectivity index (χ3n) is 25.6. The summed E-state index contributed by atoms with van der Waals surface area (Å²) < 4.78 is 108. The molecule has 9 aromatic heterocycles. The van der Waals surface area contributed by atoms with Crippen LogP contribution in [0.3, 0.4) is 0 Å². The molecule has 150 heavy (non-hydrogen) atoms. The van der Waals surface area contributed by atoms with Crippen molar-refractivity contribution in [2.24, 2.45) is 34.1 Å². The number of amides is 2. The molecule has 8 aromatic carbocycles. The molecule has 2 unspecified atom stereocenters. The molecule has 0 saturated heterocycles. The molecule has 0 aliphatic rings. The summed E-state index contributed by atoms with van der Waals surface area (Å²) in [4.78, 5) is 70.6. The van der Waals surface area contributed by atoms with Crippen molar-refractivity contribution in [1.82, 2.24) is 99.4 Å². The molecule has 0 aliphatic heterocycles. The Labute approximate surface area is 870 Å². The summed E-state index contributed by atoms with van der Waals surface area (Å²) in [5.41, 5.74) is 13.6. The number of benzene rings is 8. The van der Waals surface area contributed by atoms with Crippen molar-refractivity contribution in [1.29, 1.82) is 0 Å². The lowest BCUT2D eigenvalue weighted by Crippen LogP contribution is -2.55. The van der Waals surface area contributed by atoms with Crippen molar-refractivity contribution >= 4 is 113 Å². The zero-order valence-electron chi connectivity index (χ0n) is 86.9. The van der Waals surface area contributed by atoms with Gasteiger partial charge in [-0.25, -0.2) is 37.5 Å². The monoisotopic (exact) mass is 2070 g/mol. The number of hydrogen-bond acceptors (Lipinski definition) is 29.